The van der Waals surface area contributed by atoms with E-state index in [0.29, 0.717) is 0 Å². The summed E-state index contributed by atoms with van der Waals surface area (Å²) in [5, 5.41) is 3.52. The Hall–Kier alpha value is -0.380. The van der Waals surface area contributed by atoms with Crippen molar-refractivity contribution in [2.45, 2.75) is 39.7 Å². The van der Waals surface area contributed by atoms with Crippen molar-refractivity contribution in [3.8, 4) is 0 Å². The molecule has 1 aliphatic heterocycles. The first-order chi connectivity index (χ1) is 8.81. The molecule has 18 heavy (non-hydrogen) atoms. The van der Waals surface area contributed by atoms with Crippen molar-refractivity contribution < 1.29 is 0 Å². The molecule has 2 nitrogen and oxygen atoms in total. The minimum atomic E-state index is 0.851. The van der Waals surface area contributed by atoms with E-state index in [9.17, 15) is 0 Å². The summed E-state index contributed by atoms with van der Waals surface area (Å²) >= 11 is 1.98. The average Bonchev–Trinajstić information content (AvgIpc) is 2.87. The van der Waals surface area contributed by atoms with Crippen LogP contribution in [0.4, 0.5) is 0 Å². The second-order valence-corrected chi connectivity index (χ2v) is 6.51. The second-order valence-electron chi connectivity index (χ2n) is 5.26. The van der Waals surface area contributed by atoms with Crippen LogP contribution < -0.4 is 5.32 Å². The molecule has 3 heteroatoms. The third kappa shape index (κ3) is 4.08. The molecule has 0 aliphatic carbocycles. The number of thiophene rings is 1. The lowest BCUT2D eigenvalue weighted by molar-refractivity contribution is 0.211. The van der Waals surface area contributed by atoms with E-state index in [2.05, 4.69) is 36.2 Å². The van der Waals surface area contributed by atoms with Crippen molar-refractivity contribution in [2.24, 2.45) is 5.92 Å². The van der Waals surface area contributed by atoms with Gasteiger partial charge < -0.3 is 5.32 Å². The number of rotatable bonds is 6. The fraction of sp³-hybridized carbons (Fsp3) is 0.733. The number of piperidine rings is 1. The molecule has 1 unspecified atom stereocenters. The Balaban J connectivity index is 1.84. The van der Waals surface area contributed by atoms with Crippen molar-refractivity contribution in [3.63, 3.8) is 0 Å². The Kier molecular flexibility index (Phi) is 5.67. The van der Waals surface area contributed by atoms with E-state index in [-0.39, 0.29) is 0 Å². The van der Waals surface area contributed by atoms with Crippen LogP contribution in [-0.4, -0.2) is 31.1 Å². The molecule has 1 aliphatic rings. The number of hydrogen-bond donors (Lipinski definition) is 1. The van der Waals surface area contributed by atoms with Crippen LogP contribution >= 0.6 is 11.3 Å². The van der Waals surface area contributed by atoms with E-state index in [4.69, 9.17) is 0 Å². The molecule has 0 radical (unpaired) electrons. The highest BCUT2D eigenvalue weighted by molar-refractivity contribution is 7.11. The summed E-state index contributed by atoms with van der Waals surface area (Å²) in [6.07, 6.45) is 3.92. The number of nitrogens with one attached hydrogen (secondary N) is 1. The minimum absolute atomic E-state index is 0.851. The number of nitrogens with zero attached hydrogens (tertiary/aromatic N) is 1. The molecule has 0 aromatic carbocycles. The molecule has 1 atom stereocenters. The highest BCUT2D eigenvalue weighted by atomic mass is 32.1. The maximum absolute atomic E-state index is 3.52. The summed E-state index contributed by atoms with van der Waals surface area (Å²) in [7, 11) is 0. The van der Waals surface area contributed by atoms with Gasteiger partial charge in [-0.3, -0.25) is 4.90 Å². The van der Waals surface area contributed by atoms with Gasteiger partial charge in [-0.1, -0.05) is 13.8 Å². The zero-order valence-electron chi connectivity index (χ0n) is 11.7. The molecule has 102 valence electrons. The Morgan fingerprint density at radius 1 is 1.33 bits per heavy atom. The van der Waals surface area contributed by atoms with Crippen LogP contribution in [0, 0.1) is 5.92 Å². The molecule has 1 fully saturated rings. The van der Waals surface area contributed by atoms with Gasteiger partial charge in [-0.25, -0.2) is 0 Å². The van der Waals surface area contributed by atoms with Crippen molar-refractivity contribution >= 4 is 11.3 Å². The Bertz CT molecular complexity index is 342. The third-order valence-corrected chi connectivity index (χ3v) is 5.02. The fourth-order valence-corrected chi connectivity index (χ4v) is 3.67. The van der Waals surface area contributed by atoms with E-state index < -0.39 is 0 Å². The molecule has 2 heterocycles. The van der Waals surface area contributed by atoms with E-state index in [0.717, 1.165) is 19.0 Å². The van der Waals surface area contributed by atoms with Crippen molar-refractivity contribution in [2.75, 3.05) is 26.2 Å². The normalized spacial score (nSPS) is 20.5. The van der Waals surface area contributed by atoms with Gasteiger partial charge in [0.2, 0.25) is 0 Å². The highest BCUT2D eigenvalue weighted by Crippen LogP contribution is 2.20. The lowest BCUT2D eigenvalue weighted by Crippen LogP contribution is -2.37. The molecule has 1 aromatic heterocycles. The summed E-state index contributed by atoms with van der Waals surface area (Å²) in [4.78, 5) is 5.64. The SMILES string of the molecule is CCc1ccc(CN(CC)CC2CCCNC2)s1. The van der Waals surface area contributed by atoms with Gasteiger partial charge in [-0.05, 0) is 56.9 Å². The summed E-state index contributed by atoms with van der Waals surface area (Å²) in [5.41, 5.74) is 0. The fourth-order valence-electron chi connectivity index (χ4n) is 2.67. The molecule has 0 spiro atoms. The monoisotopic (exact) mass is 266 g/mol. The third-order valence-electron chi connectivity index (χ3n) is 3.81. The molecule has 1 saturated heterocycles. The van der Waals surface area contributed by atoms with Gasteiger partial charge in [0, 0.05) is 22.8 Å². The van der Waals surface area contributed by atoms with Crippen LogP contribution in [0.5, 0.6) is 0 Å². The summed E-state index contributed by atoms with van der Waals surface area (Å²) in [5.74, 6) is 0.851. The largest absolute Gasteiger partial charge is 0.316 e. The summed E-state index contributed by atoms with van der Waals surface area (Å²) in [6.45, 7) is 10.5. The molecule has 2 rings (SSSR count). The van der Waals surface area contributed by atoms with E-state index in [1.807, 2.05) is 11.3 Å². The highest BCUT2D eigenvalue weighted by Gasteiger charge is 2.16. The zero-order valence-corrected chi connectivity index (χ0v) is 12.6. The van der Waals surface area contributed by atoms with Crippen LogP contribution in [0.3, 0.4) is 0 Å². The number of hydrogen-bond acceptors (Lipinski definition) is 3. The van der Waals surface area contributed by atoms with E-state index in [1.54, 1.807) is 0 Å². The first-order valence-corrected chi connectivity index (χ1v) is 8.14. The predicted octanol–water partition coefficient (Wildman–Crippen LogP) is 3.13. The minimum Gasteiger partial charge on any atom is -0.316 e. The van der Waals surface area contributed by atoms with Gasteiger partial charge >= 0.3 is 0 Å². The average molecular weight is 266 g/mol. The van der Waals surface area contributed by atoms with Crippen LogP contribution in [0.25, 0.3) is 0 Å². The van der Waals surface area contributed by atoms with Gasteiger partial charge in [-0.15, -0.1) is 11.3 Å². The standard InChI is InChI=1S/C15H26N2S/c1-3-14-7-8-15(18-14)12-17(4-2)11-13-6-5-9-16-10-13/h7-8,13,16H,3-6,9-12H2,1-2H3. The zero-order chi connectivity index (χ0) is 12.8. The van der Waals surface area contributed by atoms with Crippen molar-refractivity contribution in [1.82, 2.24) is 10.2 Å². The van der Waals surface area contributed by atoms with Gasteiger partial charge in [0.05, 0.1) is 0 Å². The van der Waals surface area contributed by atoms with Crippen molar-refractivity contribution in [1.29, 1.82) is 0 Å². The van der Waals surface area contributed by atoms with Crippen LogP contribution in [-0.2, 0) is 13.0 Å². The Morgan fingerprint density at radius 2 is 2.17 bits per heavy atom. The van der Waals surface area contributed by atoms with Gasteiger partial charge in [0.25, 0.3) is 0 Å². The molecule has 0 bridgehead atoms. The predicted molar refractivity (Wildman–Crippen MR) is 80.2 cm³/mol. The van der Waals surface area contributed by atoms with Gasteiger partial charge in [0.1, 0.15) is 0 Å². The van der Waals surface area contributed by atoms with Gasteiger partial charge in [-0.2, -0.15) is 0 Å². The lowest BCUT2D eigenvalue weighted by Gasteiger charge is -2.29. The lowest BCUT2D eigenvalue weighted by atomic mass is 9.99. The quantitative estimate of drug-likeness (QED) is 0.851. The first-order valence-electron chi connectivity index (χ1n) is 7.32. The Labute approximate surface area is 115 Å². The van der Waals surface area contributed by atoms with Gasteiger partial charge in [0.15, 0.2) is 0 Å². The molecular weight excluding hydrogens is 240 g/mol. The molecule has 1 N–H and O–H groups in total. The molecular formula is C15H26N2S. The first kappa shape index (κ1) is 14.0. The molecule has 0 saturated carbocycles. The summed E-state index contributed by atoms with van der Waals surface area (Å²) < 4.78 is 0. The van der Waals surface area contributed by atoms with Crippen molar-refractivity contribution in [3.05, 3.63) is 21.9 Å². The molecule has 0 amide bonds. The Morgan fingerprint density at radius 3 is 2.78 bits per heavy atom. The number of aryl methyl sites for hydroxylation is 1. The second kappa shape index (κ2) is 7.27. The van der Waals surface area contributed by atoms with Crippen LogP contribution in [0.1, 0.15) is 36.4 Å². The van der Waals surface area contributed by atoms with Crippen LogP contribution in [0.2, 0.25) is 0 Å². The topological polar surface area (TPSA) is 15.3 Å². The summed E-state index contributed by atoms with van der Waals surface area (Å²) in [6, 6.07) is 4.60. The van der Waals surface area contributed by atoms with Crippen LogP contribution in [0.15, 0.2) is 12.1 Å². The van der Waals surface area contributed by atoms with E-state index in [1.165, 1.54) is 48.7 Å². The maximum atomic E-state index is 3.52. The maximum Gasteiger partial charge on any atom is 0.0328 e. The molecule has 1 aromatic rings. The smallest absolute Gasteiger partial charge is 0.0328 e. The van der Waals surface area contributed by atoms with E-state index >= 15 is 0 Å².